The van der Waals surface area contributed by atoms with Gasteiger partial charge in [-0.05, 0) is 20.3 Å². The zero-order valence-corrected chi connectivity index (χ0v) is 10.3. The molecule has 1 aliphatic rings. The van der Waals surface area contributed by atoms with Crippen molar-refractivity contribution in [3.8, 4) is 0 Å². The molecule has 1 rings (SSSR count). The highest BCUT2D eigenvalue weighted by Crippen LogP contribution is 2.18. The van der Waals surface area contributed by atoms with E-state index < -0.39 is 0 Å². The summed E-state index contributed by atoms with van der Waals surface area (Å²) in [4.78, 5) is 26.5. The maximum absolute atomic E-state index is 11.5. The van der Waals surface area contributed by atoms with Crippen LogP contribution in [0.2, 0.25) is 0 Å². The van der Waals surface area contributed by atoms with E-state index in [4.69, 9.17) is 5.73 Å². The van der Waals surface area contributed by atoms with Crippen LogP contribution < -0.4 is 5.73 Å². The number of likely N-dealkylation sites (tertiary alicyclic amines) is 1. The van der Waals surface area contributed by atoms with E-state index in [9.17, 15) is 9.59 Å². The minimum atomic E-state index is -0.0326. The van der Waals surface area contributed by atoms with Crippen molar-refractivity contribution < 1.29 is 9.59 Å². The molecule has 0 unspecified atom stereocenters. The largest absolute Gasteiger partial charge is 0.339 e. The van der Waals surface area contributed by atoms with E-state index in [-0.39, 0.29) is 30.4 Å². The van der Waals surface area contributed by atoms with E-state index in [2.05, 4.69) is 0 Å². The maximum atomic E-state index is 11.5. The minimum Gasteiger partial charge on any atom is -0.339 e. The van der Waals surface area contributed by atoms with Crippen LogP contribution in [-0.4, -0.2) is 53.3 Å². The quantitative estimate of drug-likeness (QED) is 0.726. The zero-order chi connectivity index (χ0) is 12.3. The van der Waals surface area contributed by atoms with Crippen molar-refractivity contribution in [2.75, 3.05) is 19.6 Å². The Balaban J connectivity index is 2.63. The summed E-state index contributed by atoms with van der Waals surface area (Å²) in [6.07, 6.45) is 0.851. The Morgan fingerprint density at radius 3 is 2.56 bits per heavy atom. The van der Waals surface area contributed by atoms with E-state index in [1.54, 1.807) is 11.8 Å². The van der Waals surface area contributed by atoms with Crippen molar-refractivity contribution >= 4 is 11.8 Å². The van der Waals surface area contributed by atoms with Crippen LogP contribution in [0.15, 0.2) is 0 Å². The van der Waals surface area contributed by atoms with E-state index in [1.165, 1.54) is 0 Å². The molecule has 16 heavy (non-hydrogen) atoms. The van der Waals surface area contributed by atoms with Crippen LogP contribution in [0.1, 0.15) is 27.2 Å². The smallest absolute Gasteiger partial charge is 0.236 e. The Morgan fingerprint density at radius 1 is 1.50 bits per heavy atom. The molecule has 0 aliphatic carbocycles. The maximum Gasteiger partial charge on any atom is 0.236 e. The molecule has 0 aromatic rings. The van der Waals surface area contributed by atoms with E-state index in [1.807, 2.05) is 18.7 Å². The summed E-state index contributed by atoms with van der Waals surface area (Å²) >= 11 is 0. The molecule has 1 saturated heterocycles. The van der Waals surface area contributed by atoms with Gasteiger partial charge in [0.15, 0.2) is 0 Å². The first-order valence-electron chi connectivity index (χ1n) is 5.74. The second-order valence-corrected chi connectivity index (χ2v) is 4.51. The van der Waals surface area contributed by atoms with Gasteiger partial charge in [-0.15, -0.1) is 0 Å². The van der Waals surface area contributed by atoms with Crippen LogP contribution >= 0.6 is 0 Å². The summed E-state index contributed by atoms with van der Waals surface area (Å²) in [5, 5.41) is 0. The van der Waals surface area contributed by atoms with Gasteiger partial charge in [0, 0.05) is 26.1 Å². The lowest BCUT2D eigenvalue weighted by molar-refractivity contribution is -0.134. The molecule has 1 atom stereocenters. The third-order valence-corrected chi connectivity index (χ3v) is 3.00. The first-order chi connectivity index (χ1) is 7.47. The second-order valence-electron chi connectivity index (χ2n) is 4.51. The topological polar surface area (TPSA) is 66.6 Å². The van der Waals surface area contributed by atoms with Crippen LogP contribution in [0.3, 0.4) is 0 Å². The standard InChI is InChI=1S/C11H21N3O2/c1-8(2)14(9(3)15)10-4-5-13(7-10)11(16)6-12/h8,10H,4-7,12H2,1-3H3/t10-/m0/s1. The lowest BCUT2D eigenvalue weighted by atomic mass is 10.1. The number of carbonyl (C=O) groups is 2. The molecule has 0 radical (unpaired) electrons. The van der Waals surface area contributed by atoms with Gasteiger partial charge in [0.1, 0.15) is 0 Å². The number of nitrogens with zero attached hydrogens (tertiary/aromatic N) is 2. The average Bonchev–Trinajstić information content (AvgIpc) is 2.64. The predicted molar refractivity (Wildman–Crippen MR) is 61.7 cm³/mol. The Hall–Kier alpha value is -1.10. The predicted octanol–water partition coefficient (Wildman–Crippen LogP) is -0.197. The number of nitrogens with two attached hydrogens (primary N) is 1. The Labute approximate surface area is 96.6 Å². The highest BCUT2D eigenvalue weighted by atomic mass is 16.2. The number of hydrogen-bond donors (Lipinski definition) is 1. The molecule has 0 saturated carbocycles. The third-order valence-electron chi connectivity index (χ3n) is 3.00. The fraction of sp³-hybridized carbons (Fsp3) is 0.818. The van der Waals surface area contributed by atoms with Crippen LogP contribution in [0.5, 0.6) is 0 Å². The molecule has 1 aliphatic heterocycles. The molecular formula is C11H21N3O2. The Kier molecular flexibility index (Phi) is 4.29. The van der Waals surface area contributed by atoms with Crippen molar-refractivity contribution in [3.05, 3.63) is 0 Å². The van der Waals surface area contributed by atoms with E-state index >= 15 is 0 Å². The first kappa shape index (κ1) is 13.0. The average molecular weight is 227 g/mol. The van der Waals surface area contributed by atoms with Gasteiger partial charge >= 0.3 is 0 Å². The molecule has 0 aromatic carbocycles. The molecular weight excluding hydrogens is 206 g/mol. The van der Waals surface area contributed by atoms with Gasteiger partial charge in [0.05, 0.1) is 12.6 Å². The number of carbonyl (C=O) groups excluding carboxylic acids is 2. The number of amides is 2. The molecule has 1 fully saturated rings. The SMILES string of the molecule is CC(=O)N(C(C)C)[C@H]1CCN(C(=O)CN)C1. The van der Waals surface area contributed by atoms with Crippen LogP contribution in [0.4, 0.5) is 0 Å². The van der Waals surface area contributed by atoms with E-state index in [0.717, 1.165) is 6.42 Å². The van der Waals surface area contributed by atoms with Gasteiger partial charge in [0.2, 0.25) is 11.8 Å². The lowest BCUT2D eigenvalue weighted by Gasteiger charge is -2.31. The van der Waals surface area contributed by atoms with Crippen molar-refractivity contribution in [1.29, 1.82) is 0 Å². The molecule has 5 heteroatoms. The van der Waals surface area contributed by atoms with Crippen molar-refractivity contribution in [2.24, 2.45) is 5.73 Å². The molecule has 5 nitrogen and oxygen atoms in total. The number of hydrogen-bond acceptors (Lipinski definition) is 3. The van der Waals surface area contributed by atoms with Crippen LogP contribution in [0.25, 0.3) is 0 Å². The summed E-state index contributed by atoms with van der Waals surface area (Å²) in [6.45, 7) is 6.94. The summed E-state index contributed by atoms with van der Waals surface area (Å²) < 4.78 is 0. The summed E-state index contributed by atoms with van der Waals surface area (Å²) in [5.41, 5.74) is 5.32. The van der Waals surface area contributed by atoms with Gasteiger partial charge in [-0.3, -0.25) is 9.59 Å². The Morgan fingerprint density at radius 2 is 2.12 bits per heavy atom. The second kappa shape index (κ2) is 5.30. The van der Waals surface area contributed by atoms with Crippen LogP contribution in [0, 0.1) is 0 Å². The van der Waals surface area contributed by atoms with Crippen molar-refractivity contribution in [1.82, 2.24) is 9.80 Å². The number of rotatable bonds is 3. The van der Waals surface area contributed by atoms with Gasteiger partial charge in [-0.1, -0.05) is 0 Å². The molecule has 92 valence electrons. The van der Waals surface area contributed by atoms with Gasteiger partial charge in [-0.25, -0.2) is 0 Å². The Bertz CT molecular complexity index is 278. The third kappa shape index (κ3) is 2.72. The molecule has 1 heterocycles. The first-order valence-corrected chi connectivity index (χ1v) is 5.74. The molecule has 0 aromatic heterocycles. The monoisotopic (exact) mass is 227 g/mol. The highest BCUT2D eigenvalue weighted by molar-refractivity contribution is 5.79. The van der Waals surface area contributed by atoms with Gasteiger partial charge in [-0.2, -0.15) is 0 Å². The molecule has 2 N–H and O–H groups in total. The van der Waals surface area contributed by atoms with E-state index in [0.29, 0.717) is 13.1 Å². The molecule has 0 spiro atoms. The lowest BCUT2D eigenvalue weighted by Crippen LogP contribution is -2.46. The molecule has 0 bridgehead atoms. The fourth-order valence-corrected chi connectivity index (χ4v) is 2.37. The summed E-state index contributed by atoms with van der Waals surface area (Å²) in [7, 11) is 0. The minimum absolute atomic E-state index is 0.0326. The normalized spacial score (nSPS) is 20.3. The summed E-state index contributed by atoms with van der Waals surface area (Å²) in [5.74, 6) is 0.0387. The van der Waals surface area contributed by atoms with Crippen molar-refractivity contribution in [3.63, 3.8) is 0 Å². The van der Waals surface area contributed by atoms with Gasteiger partial charge in [0.25, 0.3) is 0 Å². The summed E-state index contributed by atoms with van der Waals surface area (Å²) in [6, 6.07) is 0.323. The fourth-order valence-electron chi connectivity index (χ4n) is 2.37. The van der Waals surface area contributed by atoms with Crippen molar-refractivity contribution in [2.45, 2.75) is 39.3 Å². The van der Waals surface area contributed by atoms with Gasteiger partial charge < -0.3 is 15.5 Å². The zero-order valence-electron chi connectivity index (χ0n) is 10.3. The van der Waals surface area contributed by atoms with Crippen LogP contribution in [-0.2, 0) is 9.59 Å². The molecule has 2 amide bonds. The highest BCUT2D eigenvalue weighted by Gasteiger charge is 2.32.